The molecular formula is C18H34O3P2. The van der Waals surface area contributed by atoms with Crippen molar-refractivity contribution >= 4 is 15.9 Å². The van der Waals surface area contributed by atoms with Crippen LogP contribution in [0.1, 0.15) is 55.4 Å². The molecule has 0 amide bonds. The second kappa shape index (κ2) is 8.65. The summed E-state index contributed by atoms with van der Waals surface area (Å²) in [6, 6.07) is 7.73. The first kappa shape index (κ1) is 20.7. The molecule has 0 aliphatic rings. The molecule has 0 aliphatic heterocycles. The Balaban J connectivity index is 2.96. The van der Waals surface area contributed by atoms with E-state index in [0.717, 1.165) is 5.75 Å². The van der Waals surface area contributed by atoms with E-state index in [4.69, 9.17) is 9.05 Å². The SMILES string of the molecule is CC(C)P(Oc1cccc(O[PH](O)(C(C)C)C(C)C)c1)C(C)C. The van der Waals surface area contributed by atoms with Crippen molar-refractivity contribution < 1.29 is 13.9 Å². The molecule has 0 aliphatic carbocycles. The minimum atomic E-state index is -2.80. The van der Waals surface area contributed by atoms with E-state index in [9.17, 15) is 4.89 Å². The van der Waals surface area contributed by atoms with Crippen LogP contribution in [0.25, 0.3) is 0 Å². The summed E-state index contributed by atoms with van der Waals surface area (Å²) in [6.07, 6.45) is 0. The average Bonchev–Trinajstić information content (AvgIpc) is 2.43. The van der Waals surface area contributed by atoms with E-state index in [1.165, 1.54) is 0 Å². The van der Waals surface area contributed by atoms with Crippen molar-refractivity contribution in [1.29, 1.82) is 0 Å². The van der Waals surface area contributed by atoms with Gasteiger partial charge in [0.2, 0.25) is 0 Å². The summed E-state index contributed by atoms with van der Waals surface area (Å²) >= 11 is 0. The van der Waals surface area contributed by atoms with Crippen LogP contribution in [0.2, 0.25) is 0 Å². The van der Waals surface area contributed by atoms with Crippen LogP contribution >= 0.6 is 15.9 Å². The van der Waals surface area contributed by atoms with E-state index in [-0.39, 0.29) is 11.3 Å². The van der Waals surface area contributed by atoms with Crippen molar-refractivity contribution in [3.63, 3.8) is 0 Å². The molecule has 0 radical (unpaired) electrons. The third-order valence-electron chi connectivity index (χ3n) is 3.97. The van der Waals surface area contributed by atoms with Crippen molar-refractivity contribution in [2.75, 3.05) is 0 Å². The Bertz CT molecular complexity index is 471. The number of hydrogen-bond donors (Lipinski definition) is 1. The molecule has 0 saturated carbocycles. The zero-order valence-electron chi connectivity index (χ0n) is 15.8. The topological polar surface area (TPSA) is 38.7 Å². The van der Waals surface area contributed by atoms with Gasteiger partial charge in [-0.15, -0.1) is 0 Å². The third kappa shape index (κ3) is 5.59. The predicted molar refractivity (Wildman–Crippen MR) is 106 cm³/mol. The van der Waals surface area contributed by atoms with Crippen molar-refractivity contribution in [2.24, 2.45) is 0 Å². The standard InChI is InChI=1S/C18H34O3P2/c1-13(2)22(14(3)4)20-17-10-9-11-18(12-17)21-23(19,15(5)6)16(7)8/h9-16,19,23H,1-8H3. The molecule has 134 valence electrons. The zero-order valence-corrected chi connectivity index (χ0v) is 17.7. The minimum absolute atomic E-state index is 0.135. The van der Waals surface area contributed by atoms with Crippen LogP contribution in [0.15, 0.2) is 24.3 Å². The predicted octanol–water partition coefficient (Wildman–Crippen LogP) is 6.05. The number of hydrogen-bond acceptors (Lipinski definition) is 3. The maximum absolute atomic E-state index is 10.9. The van der Waals surface area contributed by atoms with Crippen LogP contribution in [0.5, 0.6) is 11.5 Å². The van der Waals surface area contributed by atoms with Gasteiger partial charge in [-0.25, -0.2) is 0 Å². The number of benzene rings is 1. The van der Waals surface area contributed by atoms with Gasteiger partial charge in [-0.1, -0.05) is 0 Å². The van der Waals surface area contributed by atoms with Gasteiger partial charge in [-0.05, 0) is 0 Å². The van der Waals surface area contributed by atoms with E-state index >= 15 is 0 Å². The first-order valence-electron chi connectivity index (χ1n) is 8.55. The molecule has 3 nitrogen and oxygen atoms in total. The van der Waals surface area contributed by atoms with Gasteiger partial charge in [-0.2, -0.15) is 0 Å². The fourth-order valence-electron chi connectivity index (χ4n) is 2.61. The van der Waals surface area contributed by atoms with Crippen molar-refractivity contribution in [3.05, 3.63) is 24.3 Å². The molecule has 0 bridgehead atoms. The maximum atomic E-state index is 10.9. The van der Waals surface area contributed by atoms with Gasteiger partial charge in [0.05, 0.1) is 0 Å². The summed E-state index contributed by atoms with van der Waals surface area (Å²) in [5, 5.41) is 0. The van der Waals surface area contributed by atoms with E-state index in [2.05, 4.69) is 27.7 Å². The molecular weight excluding hydrogens is 326 g/mol. The summed E-state index contributed by atoms with van der Waals surface area (Å²) in [4.78, 5) is 10.9. The molecule has 1 rings (SSSR count). The van der Waals surface area contributed by atoms with Gasteiger partial charge >= 0.3 is 144 Å². The summed E-state index contributed by atoms with van der Waals surface area (Å²) in [6.45, 7) is 16.9. The van der Waals surface area contributed by atoms with Gasteiger partial charge < -0.3 is 0 Å². The van der Waals surface area contributed by atoms with Gasteiger partial charge in [0.1, 0.15) is 0 Å². The first-order valence-corrected chi connectivity index (χ1v) is 12.0. The summed E-state index contributed by atoms with van der Waals surface area (Å²) < 4.78 is 12.3. The van der Waals surface area contributed by atoms with Crippen LogP contribution in [0.4, 0.5) is 0 Å². The van der Waals surface area contributed by atoms with Crippen LogP contribution in [0.3, 0.4) is 0 Å². The molecule has 0 heterocycles. The molecule has 0 unspecified atom stereocenters. The zero-order chi connectivity index (χ0) is 17.8. The number of rotatable bonds is 8. The van der Waals surface area contributed by atoms with Crippen LogP contribution in [-0.4, -0.2) is 27.5 Å². The molecule has 5 heteroatoms. The van der Waals surface area contributed by atoms with Crippen LogP contribution in [0, 0.1) is 0 Å². The second-order valence-corrected chi connectivity index (χ2v) is 14.3. The Morgan fingerprint density at radius 2 is 1.35 bits per heavy atom. The fourth-order valence-corrected chi connectivity index (χ4v) is 6.89. The van der Waals surface area contributed by atoms with Crippen molar-refractivity contribution in [3.8, 4) is 11.5 Å². The summed E-state index contributed by atoms with van der Waals surface area (Å²) in [7, 11) is -3.33. The molecule has 1 aromatic carbocycles. The third-order valence-corrected chi connectivity index (χ3v) is 10.3. The summed E-state index contributed by atoms with van der Waals surface area (Å²) in [5.41, 5.74) is 1.28. The Labute approximate surface area is 144 Å². The van der Waals surface area contributed by atoms with Crippen LogP contribution < -0.4 is 9.05 Å². The van der Waals surface area contributed by atoms with Gasteiger partial charge in [0.15, 0.2) is 0 Å². The van der Waals surface area contributed by atoms with Crippen molar-refractivity contribution in [1.82, 2.24) is 0 Å². The molecule has 1 aromatic rings. The molecule has 0 atom stereocenters. The fraction of sp³-hybridized carbons (Fsp3) is 0.667. The van der Waals surface area contributed by atoms with Crippen molar-refractivity contribution in [2.45, 2.75) is 78.0 Å². The Hall–Kier alpha value is -0.360. The molecule has 0 saturated heterocycles. The average molecular weight is 360 g/mol. The molecule has 0 fully saturated rings. The van der Waals surface area contributed by atoms with E-state index in [1.54, 1.807) is 0 Å². The second-order valence-electron chi connectivity index (χ2n) is 7.28. The van der Waals surface area contributed by atoms with Gasteiger partial charge in [0, 0.05) is 0 Å². The molecule has 0 spiro atoms. The van der Waals surface area contributed by atoms with Crippen LogP contribution in [-0.2, 0) is 0 Å². The normalized spacial score (nSPS) is 13.5. The molecule has 1 N–H and O–H groups in total. The Morgan fingerprint density at radius 3 is 1.78 bits per heavy atom. The van der Waals surface area contributed by atoms with Gasteiger partial charge in [-0.3, -0.25) is 0 Å². The van der Waals surface area contributed by atoms with E-state index in [1.807, 2.05) is 52.0 Å². The Kier molecular flexibility index (Phi) is 7.78. The summed E-state index contributed by atoms with van der Waals surface area (Å²) in [5.74, 6) is 1.54. The van der Waals surface area contributed by atoms with E-state index < -0.39 is 15.9 Å². The molecule has 23 heavy (non-hydrogen) atoms. The Morgan fingerprint density at radius 1 is 0.870 bits per heavy atom. The quantitative estimate of drug-likeness (QED) is 0.574. The molecule has 0 aromatic heterocycles. The first-order chi connectivity index (χ1) is 10.6. The monoisotopic (exact) mass is 360 g/mol. The van der Waals surface area contributed by atoms with Gasteiger partial charge in [0.25, 0.3) is 0 Å². The van der Waals surface area contributed by atoms with E-state index in [0.29, 0.717) is 17.1 Å².